The number of hydrogen-bond donors (Lipinski definition) is 0. The fraction of sp³-hybridized carbons (Fsp3) is 0. The van der Waals surface area contributed by atoms with Crippen molar-refractivity contribution >= 4 is 92.4 Å². The highest BCUT2D eigenvalue weighted by atomic mass is 16.5. The molecule has 8 aliphatic rings. The number of benzene rings is 20. The second kappa shape index (κ2) is 32.7. The fourth-order valence-electron chi connectivity index (χ4n) is 20.4. The van der Waals surface area contributed by atoms with E-state index in [1.54, 1.807) is 0 Å². The molecule has 12 heteroatoms. The summed E-state index contributed by atoms with van der Waals surface area (Å²) in [6, 6.07) is 160. The quantitative estimate of drug-likeness (QED) is 0.139. The predicted molar refractivity (Wildman–Crippen MR) is 540 cm³/mol. The zero-order valence-electron chi connectivity index (χ0n) is 71.5. The lowest BCUT2D eigenvalue weighted by molar-refractivity contribution is 0.465. The van der Waals surface area contributed by atoms with Crippen LogP contribution in [0.2, 0.25) is 0 Å². The van der Waals surface area contributed by atoms with Gasteiger partial charge in [-0.3, -0.25) is 0 Å². The van der Waals surface area contributed by atoms with Crippen molar-refractivity contribution in [2.24, 2.45) is 0 Å². The largest absolute Gasteiger partial charge is 0.458 e. The van der Waals surface area contributed by atoms with Gasteiger partial charge in [-0.05, 0) is 195 Å². The summed E-state index contributed by atoms with van der Waals surface area (Å²) in [6.45, 7) is 0.222. The van der Waals surface area contributed by atoms with Crippen LogP contribution in [0.4, 0.5) is 0 Å². The molecule has 0 radical (unpaired) electrons. The van der Waals surface area contributed by atoms with Crippen molar-refractivity contribution in [2.45, 2.75) is 0 Å². The van der Waals surface area contributed by atoms with Crippen LogP contribution in [0.1, 0.15) is 0 Å². The van der Waals surface area contributed by atoms with Crippen LogP contribution < -0.4 is 103 Å². The van der Waals surface area contributed by atoms with Gasteiger partial charge < -0.3 is 37.9 Å². The molecule has 0 amide bonds. The Bertz CT molecular complexity index is 7660. The van der Waals surface area contributed by atoms with E-state index in [2.05, 4.69) is 364 Å². The Morgan fingerprint density at radius 2 is 0.341 bits per heavy atom. The third-order valence-electron chi connectivity index (χ3n) is 26.5. The molecule has 132 heavy (non-hydrogen) atoms. The molecule has 0 saturated carbocycles. The molecule has 0 bridgehead atoms. The topological polar surface area (TPSA) is 73.8 Å². The Balaban J connectivity index is 0.0000000945. The molecule has 0 aromatic heterocycles. The Labute approximate surface area is 767 Å². The molecule has 20 aromatic rings. The van der Waals surface area contributed by atoms with Gasteiger partial charge in [0, 0.05) is 44.1 Å². The molecule has 20 aromatic carbocycles. The van der Waals surface area contributed by atoms with Crippen molar-refractivity contribution < 1.29 is 37.9 Å². The summed E-state index contributed by atoms with van der Waals surface area (Å²) in [4.78, 5) is 0. The highest BCUT2D eigenvalue weighted by Gasteiger charge is 2.46. The lowest BCUT2D eigenvalue weighted by Crippen LogP contribution is -2.57. The maximum absolute atomic E-state index is 6.64. The van der Waals surface area contributed by atoms with Crippen molar-refractivity contribution in [3.8, 4) is 181 Å². The first-order valence-corrected chi connectivity index (χ1v) is 44.9. The van der Waals surface area contributed by atoms with E-state index < -0.39 is 0 Å². The van der Waals surface area contributed by atoms with Gasteiger partial charge in [-0.1, -0.05) is 376 Å². The Kier molecular flexibility index (Phi) is 19.2. The minimum absolute atomic E-state index is 0.0519. The number of rotatable bonds is 8. The first kappa shape index (κ1) is 77.4. The van der Waals surface area contributed by atoms with Crippen molar-refractivity contribution in [1.29, 1.82) is 0 Å². The number of para-hydroxylation sites is 4. The molecular weight excluding hydrogens is 1610 g/mol. The first-order valence-electron chi connectivity index (χ1n) is 44.9. The molecule has 8 heterocycles. The summed E-state index contributed by atoms with van der Waals surface area (Å²) < 4.78 is 51.9. The molecule has 8 nitrogen and oxygen atoms in total. The van der Waals surface area contributed by atoms with Gasteiger partial charge in [0.05, 0.1) is 0 Å². The Morgan fingerprint density at radius 3 is 0.720 bits per heavy atom. The lowest BCUT2D eigenvalue weighted by atomic mass is 9.34. The van der Waals surface area contributed by atoms with Crippen LogP contribution in [0.3, 0.4) is 0 Å². The molecule has 28 rings (SSSR count). The molecule has 0 N–H and O–H groups in total. The van der Waals surface area contributed by atoms with E-state index in [0.29, 0.717) is 0 Å². The zero-order valence-corrected chi connectivity index (χ0v) is 71.5. The van der Waals surface area contributed by atoms with Crippen LogP contribution >= 0.6 is 0 Å². The van der Waals surface area contributed by atoms with Gasteiger partial charge in [-0.15, -0.1) is 0 Å². The summed E-state index contributed by atoms with van der Waals surface area (Å²) in [6.07, 6.45) is 0. The molecule has 0 atom stereocenters. The average molecular weight is 1690 g/mol. The van der Waals surface area contributed by atoms with Crippen LogP contribution in [0.25, 0.3) is 89.0 Å². The summed E-state index contributed by atoms with van der Waals surface area (Å²) in [5.41, 5.74) is 32.3. The SMILES string of the molecule is c1ccc(-c2ccc3c(c2)B2c4cccc(-c5ccccc5)c4Oc4cccc(c42)O3)cc1.c1ccc(-c2ccc3c(c2)B2c4ccccc4Oc4c(-c5ccccc5)ccc(c42)O3)cc1.c1ccc(-c2ccc3c(c2)B2c4ccccc4Oc4ccc(-c5ccccc5)c(c42)O3)cc1.c1ccc(-c2ccc3c(c2)Oc2cccc4c2B3c2cccc(-c3ccccc3)c2O4)cc1. The standard InChI is InChI=1S/4C30H19BO2/c1-3-9-20(10-4-1)22-17-18-24-28(19-22)32-26-15-8-16-27-29(26)31(24)25-14-7-13-23(30(25)33-27)21-11-5-2-6-12-21;1-3-9-20(10-4-1)22-17-18-26-25(19-22)31-24-14-7-13-23(21-11-5-2-6-12-21)30(24)33-28-16-8-15-27(32-26)29(28)31;1-3-9-20(10-4-1)22-15-17-27-25(19-22)31-24-13-7-8-14-26(24)33-30-23(21-11-5-2-6-12-21)16-18-28(32-27)29(30)31;1-3-9-20(10-4-1)22-15-17-27-25(19-22)31-24-13-7-8-14-26(24)32-28-18-16-23(30(33-27)29(28)31)21-11-5-2-6-12-21/h4*1-19H. The van der Waals surface area contributed by atoms with Gasteiger partial charge >= 0.3 is 0 Å². The van der Waals surface area contributed by atoms with E-state index in [9.17, 15) is 0 Å². The third kappa shape index (κ3) is 13.6. The van der Waals surface area contributed by atoms with E-state index >= 15 is 0 Å². The second-order valence-corrected chi connectivity index (χ2v) is 34.1. The van der Waals surface area contributed by atoms with E-state index in [1.165, 1.54) is 82.6 Å². The third-order valence-corrected chi connectivity index (χ3v) is 26.5. The molecule has 0 saturated heterocycles. The first-order chi connectivity index (χ1) is 65.5. The monoisotopic (exact) mass is 1690 g/mol. The van der Waals surface area contributed by atoms with Gasteiger partial charge in [-0.25, -0.2) is 0 Å². The fourth-order valence-corrected chi connectivity index (χ4v) is 20.4. The van der Waals surface area contributed by atoms with Gasteiger partial charge in [0.1, 0.15) is 92.0 Å². The van der Waals surface area contributed by atoms with E-state index in [-0.39, 0.29) is 26.9 Å². The van der Waals surface area contributed by atoms with Crippen molar-refractivity contribution in [3.63, 3.8) is 0 Å². The van der Waals surface area contributed by atoms with E-state index in [0.717, 1.165) is 164 Å². The Hall–Kier alpha value is -16.9. The van der Waals surface area contributed by atoms with Crippen LogP contribution in [-0.2, 0) is 0 Å². The van der Waals surface area contributed by atoms with E-state index in [4.69, 9.17) is 37.9 Å². The molecule has 0 spiro atoms. The van der Waals surface area contributed by atoms with Gasteiger partial charge in [0.2, 0.25) is 0 Å². The molecule has 0 fully saturated rings. The van der Waals surface area contributed by atoms with Crippen molar-refractivity contribution in [1.82, 2.24) is 0 Å². The highest BCUT2D eigenvalue weighted by Crippen LogP contribution is 2.47. The highest BCUT2D eigenvalue weighted by molar-refractivity contribution is 7.00. The zero-order chi connectivity index (χ0) is 87.1. The normalized spacial score (nSPS) is 12.7. The van der Waals surface area contributed by atoms with Gasteiger partial charge in [0.15, 0.2) is 0 Å². The smallest absolute Gasteiger partial charge is 0.260 e. The number of hydrogen-bond acceptors (Lipinski definition) is 8. The van der Waals surface area contributed by atoms with Gasteiger partial charge in [0.25, 0.3) is 26.9 Å². The maximum Gasteiger partial charge on any atom is 0.260 e. The summed E-state index contributed by atoms with van der Waals surface area (Å²) in [7, 11) is 0. The molecule has 0 aliphatic carbocycles. The number of ether oxygens (including phenoxy) is 8. The van der Waals surface area contributed by atoms with Crippen molar-refractivity contribution in [2.75, 3.05) is 0 Å². The summed E-state index contributed by atoms with van der Waals surface area (Å²) in [5.74, 6) is 14.3. The van der Waals surface area contributed by atoms with Crippen LogP contribution in [0.15, 0.2) is 461 Å². The van der Waals surface area contributed by atoms with Crippen LogP contribution in [-0.4, -0.2) is 26.9 Å². The molecular formula is C120H76B4O8. The summed E-state index contributed by atoms with van der Waals surface area (Å²) >= 11 is 0. The molecule has 8 aliphatic heterocycles. The summed E-state index contributed by atoms with van der Waals surface area (Å²) in [5, 5.41) is 0. The lowest BCUT2D eigenvalue weighted by Gasteiger charge is -2.34. The van der Waals surface area contributed by atoms with Crippen LogP contribution in [0, 0.1) is 0 Å². The maximum atomic E-state index is 6.64. The molecule has 0 unspecified atom stereocenters. The Morgan fingerprint density at radius 1 is 0.114 bits per heavy atom. The second-order valence-electron chi connectivity index (χ2n) is 34.1. The molecule has 616 valence electrons. The van der Waals surface area contributed by atoms with E-state index in [1.807, 2.05) is 97.1 Å². The predicted octanol–water partition coefficient (Wildman–Crippen LogP) is 23.0. The minimum atomic E-state index is 0.0519. The van der Waals surface area contributed by atoms with Gasteiger partial charge in [-0.2, -0.15) is 0 Å². The number of fused-ring (bicyclic) bond motifs is 16. The van der Waals surface area contributed by atoms with Crippen molar-refractivity contribution in [3.05, 3.63) is 461 Å². The van der Waals surface area contributed by atoms with Crippen LogP contribution in [0.5, 0.6) is 92.0 Å². The minimum Gasteiger partial charge on any atom is -0.458 e. The average Bonchev–Trinajstić information content (AvgIpc) is 0.732.